The van der Waals surface area contributed by atoms with Crippen LogP contribution >= 0.6 is 0 Å². The van der Waals surface area contributed by atoms with Crippen molar-refractivity contribution in [3.8, 4) is 6.07 Å². The number of likely N-dealkylation sites (tertiary alicyclic amines) is 1. The van der Waals surface area contributed by atoms with Crippen molar-refractivity contribution < 1.29 is 0 Å². The molecule has 1 N–H and O–H groups in total. The Morgan fingerprint density at radius 2 is 2.20 bits per heavy atom. The Bertz CT molecular complexity index is 219. The Balaban J connectivity index is 2.40. The zero-order valence-corrected chi connectivity index (χ0v) is 10.2. The van der Waals surface area contributed by atoms with E-state index in [0.717, 1.165) is 13.1 Å². The lowest BCUT2D eigenvalue weighted by Gasteiger charge is -2.34. The molecule has 2 atom stereocenters. The normalized spacial score (nSPS) is 25.1. The van der Waals surface area contributed by atoms with Crippen molar-refractivity contribution in [2.45, 2.75) is 58.2 Å². The Morgan fingerprint density at radius 3 is 2.73 bits per heavy atom. The van der Waals surface area contributed by atoms with Crippen LogP contribution in [-0.4, -0.2) is 36.1 Å². The molecular weight excluding hydrogens is 186 g/mol. The SMILES string of the molecule is CC(C)NC(C#N)CN1CCCCC1C. The molecule has 15 heavy (non-hydrogen) atoms. The van der Waals surface area contributed by atoms with Gasteiger partial charge in [-0.2, -0.15) is 5.26 Å². The fourth-order valence-electron chi connectivity index (χ4n) is 2.20. The van der Waals surface area contributed by atoms with Gasteiger partial charge in [-0.05, 0) is 40.2 Å². The molecule has 86 valence electrons. The highest BCUT2D eigenvalue weighted by atomic mass is 15.2. The maximum absolute atomic E-state index is 9.05. The Labute approximate surface area is 93.5 Å². The number of hydrogen-bond donors (Lipinski definition) is 1. The summed E-state index contributed by atoms with van der Waals surface area (Å²) in [5.74, 6) is 0. The maximum atomic E-state index is 9.05. The molecule has 0 amide bonds. The first-order valence-corrected chi connectivity index (χ1v) is 6.03. The molecule has 3 nitrogen and oxygen atoms in total. The number of nitriles is 1. The van der Waals surface area contributed by atoms with Crippen LogP contribution in [0.5, 0.6) is 0 Å². The quantitative estimate of drug-likeness (QED) is 0.766. The van der Waals surface area contributed by atoms with Crippen LogP contribution in [0.25, 0.3) is 0 Å². The van der Waals surface area contributed by atoms with Crippen LogP contribution in [0, 0.1) is 11.3 Å². The minimum atomic E-state index is -0.0226. The van der Waals surface area contributed by atoms with E-state index in [2.05, 4.69) is 37.1 Å². The second-order valence-electron chi connectivity index (χ2n) is 4.84. The van der Waals surface area contributed by atoms with Crippen molar-refractivity contribution >= 4 is 0 Å². The highest BCUT2D eigenvalue weighted by Crippen LogP contribution is 2.16. The van der Waals surface area contributed by atoms with E-state index in [1.54, 1.807) is 0 Å². The zero-order chi connectivity index (χ0) is 11.3. The molecular formula is C12H23N3. The summed E-state index contributed by atoms with van der Waals surface area (Å²) in [6.45, 7) is 8.46. The fourth-order valence-corrected chi connectivity index (χ4v) is 2.20. The van der Waals surface area contributed by atoms with Gasteiger partial charge in [-0.15, -0.1) is 0 Å². The number of hydrogen-bond acceptors (Lipinski definition) is 3. The zero-order valence-electron chi connectivity index (χ0n) is 10.2. The predicted octanol–water partition coefficient (Wildman–Crippen LogP) is 1.75. The summed E-state index contributed by atoms with van der Waals surface area (Å²) in [6.07, 6.45) is 3.90. The minimum absolute atomic E-state index is 0.0226. The summed E-state index contributed by atoms with van der Waals surface area (Å²) in [5, 5.41) is 12.3. The summed E-state index contributed by atoms with van der Waals surface area (Å²) in [4.78, 5) is 2.44. The molecule has 0 aromatic rings. The van der Waals surface area contributed by atoms with Gasteiger partial charge in [-0.25, -0.2) is 0 Å². The van der Waals surface area contributed by atoms with Crippen molar-refractivity contribution in [3.63, 3.8) is 0 Å². The van der Waals surface area contributed by atoms with Crippen molar-refractivity contribution in [2.75, 3.05) is 13.1 Å². The largest absolute Gasteiger partial charge is 0.299 e. The highest BCUT2D eigenvalue weighted by molar-refractivity contribution is 4.94. The third-order valence-electron chi connectivity index (χ3n) is 3.05. The second kappa shape index (κ2) is 6.09. The Hall–Kier alpha value is -0.590. The predicted molar refractivity (Wildman–Crippen MR) is 62.6 cm³/mol. The van der Waals surface area contributed by atoms with Crippen LogP contribution in [0.3, 0.4) is 0 Å². The molecule has 0 radical (unpaired) electrons. The lowest BCUT2D eigenvalue weighted by molar-refractivity contribution is 0.151. The van der Waals surface area contributed by atoms with Gasteiger partial charge in [0.2, 0.25) is 0 Å². The summed E-state index contributed by atoms with van der Waals surface area (Å²) in [6, 6.07) is 3.35. The average Bonchev–Trinajstić information content (AvgIpc) is 2.19. The summed E-state index contributed by atoms with van der Waals surface area (Å²) >= 11 is 0. The third-order valence-corrected chi connectivity index (χ3v) is 3.05. The molecule has 1 saturated heterocycles. The van der Waals surface area contributed by atoms with E-state index in [1.807, 2.05) is 0 Å². The first kappa shape index (κ1) is 12.5. The molecule has 1 aliphatic heterocycles. The number of nitrogens with one attached hydrogen (secondary N) is 1. The first-order valence-electron chi connectivity index (χ1n) is 6.03. The van der Waals surface area contributed by atoms with Crippen LogP contribution in [0.2, 0.25) is 0 Å². The lowest BCUT2D eigenvalue weighted by atomic mass is 10.0. The summed E-state index contributed by atoms with van der Waals surface area (Å²) < 4.78 is 0. The van der Waals surface area contributed by atoms with E-state index < -0.39 is 0 Å². The summed E-state index contributed by atoms with van der Waals surface area (Å²) in [5.41, 5.74) is 0. The summed E-state index contributed by atoms with van der Waals surface area (Å²) in [7, 11) is 0. The molecule has 1 fully saturated rings. The van der Waals surface area contributed by atoms with Gasteiger partial charge in [0.15, 0.2) is 0 Å². The van der Waals surface area contributed by atoms with Gasteiger partial charge in [-0.1, -0.05) is 6.42 Å². The van der Waals surface area contributed by atoms with Gasteiger partial charge >= 0.3 is 0 Å². The topological polar surface area (TPSA) is 39.1 Å². The van der Waals surface area contributed by atoms with Gasteiger partial charge < -0.3 is 0 Å². The van der Waals surface area contributed by atoms with E-state index in [0.29, 0.717) is 12.1 Å². The van der Waals surface area contributed by atoms with Crippen LogP contribution in [0.15, 0.2) is 0 Å². The van der Waals surface area contributed by atoms with E-state index in [-0.39, 0.29) is 6.04 Å². The standard InChI is InChI=1S/C12H23N3/c1-10(2)14-12(8-13)9-15-7-5-4-6-11(15)3/h10-12,14H,4-7,9H2,1-3H3. The highest BCUT2D eigenvalue weighted by Gasteiger charge is 2.21. The second-order valence-corrected chi connectivity index (χ2v) is 4.84. The molecule has 1 aliphatic rings. The van der Waals surface area contributed by atoms with E-state index >= 15 is 0 Å². The smallest absolute Gasteiger partial charge is 0.108 e. The molecule has 1 heterocycles. The molecule has 2 unspecified atom stereocenters. The van der Waals surface area contributed by atoms with Crippen molar-refractivity contribution in [1.29, 1.82) is 5.26 Å². The molecule has 0 bridgehead atoms. The molecule has 0 aromatic carbocycles. The van der Waals surface area contributed by atoms with Gasteiger partial charge in [-0.3, -0.25) is 10.2 Å². The van der Waals surface area contributed by atoms with Crippen LogP contribution in [0.4, 0.5) is 0 Å². The molecule has 1 rings (SSSR count). The van der Waals surface area contributed by atoms with Gasteiger partial charge in [0.25, 0.3) is 0 Å². The van der Waals surface area contributed by atoms with Crippen LogP contribution in [-0.2, 0) is 0 Å². The monoisotopic (exact) mass is 209 g/mol. The minimum Gasteiger partial charge on any atom is -0.299 e. The molecule has 0 aliphatic carbocycles. The van der Waals surface area contributed by atoms with Gasteiger partial charge in [0.1, 0.15) is 6.04 Å². The molecule has 0 spiro atoms. The van der Waals surface area contributed by atoms with Gasteiger partial charge in [0, 0.05) is 18.6 Å². The fraction of sp³-hybridized carbons (Fsp3) is 0.917. The average molecular weight is 209 g/mol. The van der Waals surface area contributed by atoms with Gasteiger partial charge in [0.05, 0.1) is 6.07 Å². The van der Waals surface area contributed by atoms with Crippen molar-refractivity contribution in [3.05, 3.63) is 0 Å². The van der Waals surface area contributed by atoms with Crippen molar-refractivity contribution in [1.82, 2.24) is 10.2 Å². The van der Waals surface area contributed by atoms with Crippen LogP contribution < -0.4 is 5.32 Å². The number of nitrogens with zero attached hydrogens (tertiary/aromatic N) is 2. The van der Waals surface area contributed by atoms with E-state index in [9.17, 15) is 0 Å². The molecule has 0 aromatic heterocycles. The molecule has 3 heteroatoms. The van der Waals surface area contributed by atoms with E-state index in [4.69, 9.17) is 5.26 Å². The van der Waals surface area contributed by atoms with Crippen molar-refractivity contribution in [2.24, 2.45) is 0 Å². The number of piperidine rings is 1. The first-order chi connectivity index (χ1) is 7.13. The lowest BCUT2D eigenvalue weighted by Crippen LogP contribution is -2.47. The number of rotatable bonds is 4. The third kappa shape index (κ3) is 4.19. The van der Waals surface area contributed by atoms with E-state index in [1.165, 1.54) is 19.3 Å². The Kier molecular flexibility index (Phi) is 5.07. The molecule has 0 saturated carbocycles. The Morgan fingerprint density at radius 1 is 1.47 bits per heavy atom. The maximum Gasteiger partial charge on any atom is 0.108 e. The van der Waals surface area contributed by atoms with Crippen LogP contribution in [0.1, 0.15) is 40.0 Å².